The van der Waals surface area contributed by atoms with E-state index in [1.165, 1.54) is 0 Å². The molecule has 3 aromatic rings. The van der Waals surface area contributed by atoms with Crippen molar-refractivity contribution in [2.24, 2.45) is 0 Å². The van der Waals surface area contributed by atoms with Crippen LogP contribution in [0.25, 0.3) is 10.9 Å². The number of nitrogen functional groups attached to an aromatic ring is 1. The second kappa shape index (κ2) is 4.61. The quantitative estimate of drug-likeness (QED) is 0.726. The monoisotopic (exact) mass is 250 g/mol. The summed E-state index contributed by atoms with van der Waals surface area (Å²) in [5, 5.41) is 0.908. The van der Waals surface area contributed by atoms with Crippen molar-refractivity contribution in [3.05, 3.63) is 65.7 Å². The van der Waals surface area contributed by atoms with E-state index in [0.29, 0.717) is 17.9 Å². The van der Waals surface area contributed by atoms with Crippen LogP contribution in [0.15, 0.2) is 54.6 Å². The molecule has 0 aliphatic heterocycles. The van der Waals surface area contributed by atoms with Crippen LogP contribution in [-0.4, -0.2) is 10.9 Å². The van der Waals surface area contributed by atoms with Gasteiger partial charge in [-0.15, -0.1) is 0 Å². The standard InChI is InChI=1S/C16H14N2O/c17-16-14(11-19)13-8-4-5-9-15(13)18(16)10-12-6-2-1-3-7-12/h1-9,11H,10,17H2. The third-order valence-corrected chi connectivity index (χ3v) is 3.35. The van der Waals surface area contributed by atoms with E-state index in [0.717, 1.165) is 22.8 Å². The van der Waals surface area contributed by atoms with Crippen molar-refractivity contribution < 1.29 is 4.79 Å². The molecule has 0 unspecified atom stereocenters. The molecule has 0 radical (unpaired) electrons. The number of aromatic nitrogens is 1. The Morgan fingerprint density at radius 3 is 2.42 bits per heavy atom. The van der Waals surface area contributed by atoms with Crippen molar-refractivity contribution in [3.63, 3.8) is 0 Å². The Hall–Kier alpha value is -2.55. The molecule has 0 amide bonds. The lowest BCUT2D eigenvalue weighted by molar-refractivity contribution is 0.112. The van der Waals surface area contributed by atoms with Crippen molar-refractivity contribution in [2.75, 3.05) is 5.73 Å². The minimum Gasteiger partial charge on any atom is -0.384 e. The van der Waals surface area contributed by atoms with E-state index >= 15 is 0 Å². The topological polar surface area (TPSA) is 48.0 Å². The van der Waals surface area contributed by atoms with Crippen LogP contribution in [0.3, 0.4) is 0 Å². The number of fused-ring (bicyclic) bond motifs is 1. The molecule has 1 heterocycles. The summed E-state index contributed by atoms with van der Waals surface area (Å²) in [6, 6.07) is 17.9. The molecule has 0 aliphatic carbocycles. The van der Waals surface area contributed by atoms with Gasteiger partial charge in [-0.3, -0.25) is 4.79 Å². The molecule has 0 aliphatic rings. The number of nitrogens with zero attached hydrogens (tertiary/aromatic N) is 1. The predicted octanol–water partition coefficient (Wildman–Crippen LogP) is 3.08. The fraction of sp³-hybridized carbons (Fsp3) is 0.0625. The molecule has 3 heteroatoms. The Morgan fingerprint density at radius 1 is 1.00 bits per heavy atom. The SMILES string of the molecule is Nc1c(C=O)c2ccccc2n1Cc1ccccc1. The number of aldehydes is 1. The first kappa shape index (κ1) is 11.5. The Kier molecular flexibility index (Phi) is 2.80. The van der Waals surface area contributed by atoms with Gasteiger partial charge in [-0.25, -0.2) is 0 Å². The fourth-order valence-electron chi connectivity index (χ4n) is 2.41. The van der Waals surface area contributed by atoms with Crippen LogP contribution in [0.4, 0.5) is 5.82 Å². The summed E-state index contributed by atoms with van der Waals surface area (Å²) in [5.41, 5.74) is 8.83. The molecule has 3 nitrogen and oxygen atoms in total. The second-order valence-corrected chi connectivity index (χ2v) is 4.51. The fourth-order valence-corrected chi connectivity index (χ4v) is 2.41. The van der Waals surface area contributed by atoms with Crippen LogP contribution < -0.4 is 5.73 Å². The summed E-state index contributed by atoms with van der Waals surface area (Å²) in [6.45, 7) is 0.668. The molecule has 1 aromatic heterocycles. The van der Waals surface area contributed by atoms with Crippen LogP contribution >= 0.6 is 0 Å². The smallest absolute Gasteiger partial charge is 0.154 e. The van der Waals surface area contributed by atoms with Gasteiger partial charge in [-0.05, 0) is 11.6 Å². The lowest BCUT2D eigenvalue weighted by Gasteiger charge is -2.08. The number of hydrogen-bond donors (Lipinski definition) is 1. The highest BCUT2D eigenvalue weighted by atomic mass is 16.1. The molecular formula is C16H14N2O. The molecular weight excluding hydrogens is 236 g/mol. The Balaban J connectivity index is 2.18. The third-order valence-electron chi connectivity index (χ3n) is 3.35. The van der Waals surface area contributed by atoms with Gasteiger partial charge in [0.1, 0.15) is 5.82 Å². The van der Waals surface area contributed by atoms with E-state index in [2.05, 4.69) is 12.1 Å². The number of benzene rings is 2. The number of para-hydroxylation sites is 1. The number of carbonyl (C=O) groups is 1. The van der Waals surface area contributed by atoms with Crippen LogP contribution in [0.2, 0.25) is 0 Å². The number of anilines is 1. The third kappa shape index (κ3) is 1.89. The van der Waals surface area contributed by atoms with Gasteiger partial charge >= 0.3 is 0 Å². The highest BCUT2D eigenvalue weighted by molar-refractivity contribution is 6.03. The summed E-state index contributed by atoms with van der Waals surface area (Å²) >= 11 is 0. The molecule has 3 rings (SSSR count). The van der Waals surface area contributed by atoms with Gasteiger partial charge in [0, 0.05) is 11.9 Å². The van der Waals surface area contributed by atoms with Gasteiger partial charge in [-0.1, -0.05) is 48.5 Å². The van der Waals surface area contributed by atoms with E-state index in [4.69, 9.17) is 5.73 Å². The Labute approximate surface area is 111 Å². The normalized spacial score (nSPS) is 10.7. The molecule has 0 saturated carbocycles. The molecule has 0 bridgehead atoms. The van der Waals surface area contributed by atoms with Crippen LogP contribution in [0.5, 0.6) is 0 Å². The van der Waals surface area contributed by atoms with Gasteiger partial charge in [0.2, 0.25) is 0 Å². The largest absolute Gasteiger partial charge is 0.384 e. The summed E-state index contributed by atoms with van der Waals surface area (Å²) in [5.74, 6) is 0.528. The molecule has 0 saturated heterocycles. The highest BCUT2D eigenvalue weighted by Gasteiger charge is 2.13. The number of carbonyl (C=O) groups excluding carboxylic acids is 1. The Bertz CT molecular complexity index is 729. The number of hydrogen-bond acceptors (Lipinski definition) is 2. The molecule has 0 fully saturated rings. The van der Waals surface area contributed by atoms with Crippen molar-refractivity contribution in [3.8, 4) is 0 Å². The maximum atomic E-state index is 11.2. The first-order valence-corrected chi connectivity index (χ1v) is 6.17. The van der Waals surface area contributed by atoms with E-state index in [-0.39, 0.29) is 0 Å². The first-order chi connectivity index (χ1) is 9.31. The van der Waals surface area contributed by atoms with Gasteiger partial charge in [0.25, 0.3) is 0 Å². The van der Waals surface area contributed by atoms with Crippen molar-refractivity contribution in [2.45, 2.75) is 6.54 Å². The first-order valence-electron chi connectivity index (χ1n) is 6.17. The minimum atomic E-state index is 0.528. The minimum absolute atomic E-state index is 0.528. The zero-order valence-electron chi connectivity index (χ0n) is 10.4. The summed E-state index contributed by atoms with van der Waals surface area (Å²) in [7, 11) is 0. The van der Waals surface area contributed by atoms with Gasteiger partial charge in [0.15, 0.2) is 6.29 Å². The van der Waals surface area contributed by atoms with Gasteiger partial charge in [0.05, 0.1) is 11.1 Å². The maximum Gasteiger partial charge on any atom is 0.154 e. The zero-order chi connectivity index (χ0) is 13.2. The van der Waals surface area contributed by atoms with E-state index in [1.54, 1.807) is 0 Å². The van der Waals surface area contributed by atoms with Gasteiger partial charge in [-0.2, -0.15) is 0 Å². The summed E-state index contributed by atoms with van der Waals surface area (Å²) in [4.78, 5) is 11.2. The van der Waals surface area contributed by atoms with E-state index < -0.39 is 0 Å². The number of rotatable bonds is 3. The average molecular weight is 250 g/mol. The van der Waals surface area contributed by atoms with Crippen molar-refractivity contribution in [1.82, 2.24) is 4.57 Å². The molecule has 2 N–H and O–H groups in total. The zero-order valence-corrected chi connectivity index (χ0v) is 10.4. The van der Waals surface area contributed by atoms with Crippen LogP contribution in [0.1, 0.15) is 15.9 Å². The summed E-state index contributed by atoms with van der Waals surface area (Å²) in [6.07, 6.45) is 0.832. The molecule has 19 heavy (non-hydrogen) atoms. The van der Waals surface area contributed by atoms with Crippen molar-refractivity contribution in [1.29, 1.82) is 0 Å². The molecule has 2 aromatic carbocycles. The van der Waals surface area contributed by atoms with Gasteiger partial charge < -0.3 is 10.3 Å². The predicted molar refractivity (Wildman–Crippen MR) is 77.3 cm³/mol. The molecule has 0 atom stereocenters. The highest BCUT2D eigenvalue weighted by Crippen LogP contribution is 2.27. The molecule has 0 spiro atoms. The van der Waals surface area contributed by atoms with E-state index in [9.17, 15) is 4.79 Å². The lowest BCUT2D eigenvalue weighted by atomic mass is 10.2. The maximum absolute atomic E-state index is 11.2. The molecule has 94 valence electrons. The van der Waals surface area contributed by atoms with Crippen molar-refractivity contribution >= 4 is 23.0 Å². The lowest BCUT2D eigenvalue weighted by Crippen LogP contribution is -2.04. The van der Waals surface area contributed by atoms with E-state index in [1.807, 2.05) is 47.0 Å². The summed E-state index contributed by atoms with van der Waals surface area (Å²) < 4.78 is 1.98. The van der Waals surface area contributed by atoms with Crippen LogP contribution in [0, 0.1) is 0 Å². The second-order valence-electron chi connectivity index (χ2n) is 4.51. The average Bonchev–Trinajstić information content (AvgIpc) is 2.73. The van der Waals surface area contributed by atoms with Crippen LogP contribution in [-0.2, 0) is 6.54 Å². The number of nitrogens with two attached hydrogens (primary N) is 1. The Morgan fingerprint density at radius 2 is 1.68 bits per heavy atom.